The molecule has 8 heteroatoms. The van der Waals surface area contributed by atoms with Crippen molar-refractivity contribution in [1.82, 2.24) is 10.2 Å². The summed E-state index contributed by atoms with van der Waals surface area (Å²) in [5.74, 6) is -0.397. The van der Waals surface area contributed by atoms with Gasteiger partial charge in [-0.1, -0.05) is 39.5 Å². The summed E-state index contributed by atoms with van der Waals surface area (Å²) in [7, 11) is -2.02. The molecule has 0 aliphatic carbocycles. The number of Topliss-reactive ketones (excluding diaryl/α,β-unsaturated/α-hetero) is 1. The van der Waals surface area contributed by atoms with Gasteiger partial charge in [0.25, 0.3) is 0 Å². The number of ketones is 1. The predicted octanol–water partition coefficient (Wildman–Crippen LogP) is 4.20. The Kier molecular flexibility index (Phi) is 8.50. The largest absolute Gasteiger partial charge is 0.445 e. The lowest BCUT2D eigenvalue weighted by molar-refractivity contribution is -0.141. The fourth-order valence-corrected chi connectivity index (χ4v) is 5.47. The van der Waals surface area contributed by atoms with Crippen LogP contribution in [-0.2, 0) is 18.8 Å². The molecule has 0 radical (unpaired) electrons. The molecule has 2 aliphatic rings. The van der Waals surface area contributed by atoms with Gasteiger partial charge in [-0.2, -0.15) is 0 Å². The second-order valence-corrected chi connectivity index (χ2v) is 15.2. The summed E-state index contributed by atoms with van der Waals surface area (Å²) in [6.45, 7) is 18.9. The molecule has 1 N–H and O–H groups in total. The molecule has 2 heterocycles. The topological polar surface area (TPSA) is 84.9 Å². The summed E-state index contributed by atoms with van der Waals surface area (Å²) in [6.07, 6.45) is 4.67. The first-order valence-corrected chi connectivity index (χ1v) is 14.4. The number of hydrogen-bond acceptors (Lipinski definition) is 5. The fraction of sp³-hybridized carbons (Fsp3) is 0.708. The monoisotopic (exact) mass is 464 g/mol. The zero-order valence-electron chi connectivity index (χ0n) is 20.7. The van der Waals surface area contributed by atoms with Gasteiger partial charge in [-0.3, -0.25) is 9.59 Å². The van der Waals surface area contributed by atoms with Crippen molar-refractivity contribution in [3.8, 4) is 0 Å². The van der Waals surface area contributed by atoms with Crippen molar-refractivity contribution >= 4 is 26.1 Å². The Morgan fingerprint density at radius 2 is 2.00 bits per heavy atom. The molecule has 180 valence electrons. The number of ether oxygens (including phenoxy) is 1. The lowest BCUT2D eigenvalue weighted by Crippen LogP contribution is -2.64. The van der Waals surface area contributed by atoms with Crippen molar-refractivity contribution in [2.45, 2.75) is 90.2 Å². The highest BCUT2D eigenvalue weighted by atomic mass is 28.4. The molecule has 0 saturated carbocycles. The molecular formula is C24H40N2O5Si. The lowest BCUT2D eigenvalue weighted by Gasteiger charge is -2.45. The Morgan fingerprint density at radius 1 is 1.34 bits per heavy atom. The van der Waals surface area contributed by atoms with Gasteiger partial charge >= 0.3 is 6.09 Å². The maximum Gasteiger partial charge on any atom is 0.410 e. The summed E-state index contributed by atoms with van der Waals surface area (Å²) in [5.41, 5.74) is 0.608. The number of allylic oxidation sites excluding steroid dienone is 1. The highest BCUT2D eigenvalue weighted by molar-refractivity contribution is 6.74. The van der Waals surface area contributed by atoms with Crippen LogP contribution in [0, 0.1) is 5.92 Å². The minimum Gasteiger partial charge on any atom is -0.445 e. The van der Waals surface area contributed by atoms with E-state index in [0.717, 1.165) is 12.8 Å². The Morgan fingerprint density at radius 3 is 2.56 bits per heavy atom. The van der Waals surface area contributed by atoms with E-state index in [2.05, 4.69) is 45.8 Å². The van der Waals surface area contributed by atoms with Crippen molar-refractivity contribution in [1.29, 1.82) is 0 Å². The van der Waals surface area contributed by atoms with Crippen LogP contribution < -0.4 is 5.32 Å². The number of amides is 2. The van der Waals surface area contributed by atoms with Crippen molar-refractivity contribution < 1.29 is 23.5 Å². The van der Waals surface area contributed by atoms with E-state index in [1.165, 1.54) is 6.08 Å². The van der Waals surface area contributed by atoms with E-state index in [1.54, 1.807) is 11.8 Å². The van der Waals surface area contributed by atoms with Gasteiger partial charge in [-0.05, 0) is 50.4 Å². The molecule has 7 nitrogen and oxygen atoms in total. The first-order chi connectivity index (χ1) is 14.8. The zero-order chi connectivity index (χ0) is 24.3. The molecule has 4 atom stereocenters. The Labute approximate surface area is 193 Å². The van der Waals surface area contributed by atoms with Gasteiger partial charge in [0, 0.05) is 13.0 Å². The zero-order valence-corrected chi connectivity index (χ0v) is 21.7. The van der Waals surface area contributed by atoms with Crippen LogP contribution in [0.4, 0.5) is 4.79 Å². The van der Waals surface area contributed by atoms with Crippen LogP contribution in [0.25, 0.3) is 0 Å². The third kappa shape index (κ3) is 6.10. The molecule has 0 unspecified atom stereocenters. The molecule has 2 amide bonds. The molecule has 0 aromatic carbocycles. The number of likely N-dealkylation sites (tertiary alicyclic amines) is 1. The van der Waals surface area contributed by atoms with Crippen molar-refractivity contribution in [2.24, 2.45) is 5.92 Å². The van der Waals surface area contributed by atoms with E-state index >= 15 is 0 Å². The third-order valence-electron chi connectivity index (χ3n) is 7.00. The first kappa shape index (κ1) is 26.3. The number of carbonyl (C=O) groups excluding carboxylic acids is 3. The van der Waals surface area contributed by atoms with Gasteiger partial charge in [0.15, 0.2) is 14.1 Å². The summed E-state index contributed by atoms with van der Waals surface area (Å²) in [5, 5.41) is 2.93. The van der Waals surface area contributed by atoms with Gasteiger partial charge in [0.2, 0.25) is 5.91 Å². The molecule has 2 aliphatic heterocycles. The summed E-state index contributed by atoms with van der Waals surface area (Å²) in [4.78, 5) is 39.1. The molecule has 2 fully saturated rings. The van der Waals surface area contributed by atoms with Crippen LogP contribution in [0.3, 0.4) is 0 Å². The standard InChI is InChI=1S/C24H40N2O5Si/c1-9-13-30-23(29)26-12-10-11-18(26)14-16(2)20(27)15-19-21(22(28)25-19)17(3)31-32(7,8)24(4,5)6/h9,14,17-19,21H,1,10-13,15H2,2-8H3,(H,25,28)/t17-,18+,19-,21-/m1/s1. The summed E-state index contributed by atoms with van der Waals surface area (Å²) < 4.78 is 11.6. The summed E-state index contributed by atoms with van der Waals surface area (Å²) in [6, 6.07) is -0.376. The van der Waals surface area contributed by atoms with Crippen LogP contribution in [0.2, 0.25) is 18.1 Å². The number of carbonyl (C=O) groups is 3. The average molecular weight is 465 g/mol. The first-order valence-electron chi connectivity index (χ1n) is 11.5. The second kappa shape index (κ2) is 10.3. The lowest BCUT2D eigenvalue weighted by atomic mass is 9.82. The number of nitrogens with zero attached hydrogens (tertiary/aromatic N) is 1. The Hall–Kier alpha value is -1.93. The molecule has 0 aromatic rings. The van der Waals surface area contributed by atoms with Crippen molar-refractivity contribution in [3.63, 3.8) is 0 Å². The molecule has 0 spiro atoms. The smallest absolute Gasteiger partial charge is 0.410 e. The van der Waals surface area contributed by atoms with Crippen LogP contribution in [0.1, 0.15) is 53.9 Å². The number of hydrogen-bond donors (Lipinski definition) is 1. The number of β-lactam (4-membered cyclic amide) rings is 1. The average Bonchev–Trinajstić information content (AvgIpc) is 3.11. The van der Waals surface area contributed by atoms with Crippen LogP contribution in [0.5, 0.6) is 0 Å². The molecule has 0 bridgehead atoms. The molecular weight excluding hydrogens is 424 g/mol. The van der Waals surface area contributed by atoms with E-state index in [0.29, 0.717) is 12.1 Å². The Balaban J connectivity index is 1.99. The van der Waals surface area contributed by atoms with Gasteiger partial charge in [-0.15, -0.1) is 0 Å². The van der Waals surface area contributed by atoms with Gasteiger partial charge in [0.05, 0.1) is 24.1 Å². The SMILES string of the molecule is C=CCOC(=O)N1CCC[C@H]1C=C(C)C(=O)C[C@H]1NC(=O)[C@@H]1[C@@H](C)O[Si](C)(C)C(C)(C)C. The van der Waals surface area contributed by atoms with E-state index in [-0.39, 0.29) is 60.0 Å². The minimum absolute atomic E-state index is 0.0224. The van der Waals surface area contributed by atoms with E-state index in [1.807, 2.05) is 13.0 Å². The van der Waals surface area contributed by atoms with Crippen molar-refractivity contribution in [2.75, 3.05) is 13.2 Å². The van der Waals surface area contributed by atoms with Crippen LogP contribution in [0.15, 0.2) is 24.3 Å². The normalized spacial score (nSPS) is 25.1. The van der Waals surface area contributed by atoms with E-state index in [4.69, 9.17) is 9.16 Å². The maximum atomic E-state index is 12.9. The molecule has 0 aromatic heterocycles. The minimum atomic E-state index is -2.02. The van der Waals surface area contributed by atoms with Gasteiger partial charge in [0.1, 0.15) is 6.61 Å². The Bertz CT molecular complexity index is 771. The van der Waals surface area contributed by atoms with Gasteiger partial charge < -0.3 is 19.4 Å². The molecule has 2 saturated heterocycles. The number of rotatable bonds is 9. The molecule has 2 rings (SSSR count). The summed E-state index contributed by atoms with van der Waals surface area (Å²) >= 11 is 0. The highest BCUT2D eigenvalue weighted by Gasteiger charge is 2.48. The second-order valence-electron chi connectivity index (χ2n) is 10.5. The van der Waals surface area contributed by atoms with Crippen LogP contribution in [-0.4, -0.2) is 62.3 Å². The molecule has 32 heavy (non-hydrogen) atoms. The van der Waals surface area contributed by atoms with E-state index < -0.39 is 8.32 Å². The third-order valence-corrected chi connectivity index (χ3v) is 11.6. The quantitative estimate of drug-likeness (QED) is 0.239. The predicted molar refractivity (Wildman–Crippen MR) is 128 cm³/mol. The highest BCUT2D eigenvalue weighted by Crippen LogP contribution is 2.39. The van der Waals surface area contributed by atoms with Crippen molar-refractivity contribution in [3.05, 3.63) is 24.3 Å². The van der Waals surface area contributed by atoms with Crippen LogP contribution >= 0.6 is 0 Å². The number of nitrogens with one attached hydrogen (secondary N) is 1. The van der Waals surface area contributed by atoms with Gasteiger partial charge in [-0.25, -0.2) is 4.79 Å². The fourth-order valence-electron chi connectivity index (χ4n) is 4.04. The maximum absolute atomic E-state index is 12.9. The van der Waals surface area contributed by atoms with E-state index in [9.17, 15) is 14.4 Å².